The summed E-state index contributed by atoms with van der Waals surface area (Å²) in [6.45, 7) is 6.87. The van der Waals surface area contributed by atoms with Crippen molar-refractivity contribution in [3.63, 3.8) is 0 Å². The van der Waals surface area contributed by atoms with Crippen LogP contribution in [0, 0.1) is 0 Å². The lowest BCUT2D eigenvalue weighted by Crippen LogP contribution is -2.45. The van der Waals surface area contributed by atoms with Gasteiger partial charge in [0.2, 0.25) is 0 Å². The molecule has 0 spiro atoms. The number of rotatable bonds is 3. The maximum Gasteiger partial charge on any atom is 0.0498 e. The highest BCUT2D eigenvalue weighted by atomic mass is 15.2. The number of piperazine rings is 1. The Kier molecular flexibility index (Phi) is 3.44. The summed E-state index contributed by atoms with van der Waals surface area (Å²) in [5.74, 6) is 0. The minimum absolute atomic E-state index is 0.590. The molecule has 0 aromatic carbocycles. The van der Waals surface area contributed by atoms with E-state index in [0.29, 0.717) is 6.04 Å². The summed E-state index contributed by atoms with van der Waals surface area (Å²) in [5.41, 5.74) is 1.44. The Hall–Kier alpha value is -0.800. The molecule has 0 aliphatic carbocycles. The highest BCUT2D eigenvalue weighted by molar-refractivity contribution is 5.12. The van der Waals surface area contributed by atoms with Crippen LogP contribution in [0.15, 0.2) is 18.3 Å². The van der Waals surface area contributed by atoms with Gasteiger partial charge in [0.25, 0.3) is 0 Å². The first-order chi connectivity index (χ1) is 7.33. The second kappa shape index (κ2) is 4.81. The number of nitrogens with zero attached hydrogens (tertiary/aromatic N) is 2. The van der Waals surface area contributed by atoms with Gasteiger partial charge in [0.15, 0.2) is 0 Å². The molecule has 3 nitrogen and oxygen atoms in total. The van der Waals surface area contributed by atoms with Crippen molar-refractivity contribution in [1.29, 1.82) is 0 Å². The fourth-order valence-corrected chi connectivity index (χ4v) is 2.47. The van der Waals surface area contributed by atoms with Gasteiger partial charge in [0, 0.05) is 51.2 Å². The Balaban J connectivity index is 2.12. The van der Waals surface area contributed by atoms with Crippen LogP contribution < -0.4 is 5.32 Å². The van der Waals surface area contributed by atoms with Crippen LogP contribution in [0.3, 0.4) is 0 Å². The van der Waals surface area contributed by atoms with Crippen molar-refractivity contribution in [2.45, 2.75) is 19.4 Å². The van der Waals surface area contributed by atoms with Gasteiger partial charge in [0.05, 0.1) is 0 Å². The average Bonchev–Trinajstić information content (AvgIpc) is 2.68. The smallest absolute Gasteiger partial charge is 0.0498 e. The predicted molar refractivity (Wildman–Crippen MR) is 62.9 cm³/mol. The zero-order chi connectivity index (χ0) is 10.7. The van der Waals surface area contributed by atoms with Crippen molar-refractivity contribution in [3.05, 3.63) is 24.0 Å². The van der Waals surface area contributed by atoms with E-state index in [1.807, 2.05) is 0 Å². The molecule has 15 heavy (non-hydrogen) atoms. The molecule has 1 saturated heterocycles. The molecule has 84 valence electrons. The largest absolute Gasteiger partial charge is 0.353 e. The zero-order valence-corrected chi connectivity index (χ0v) is 9.74. The molecule has 0 amide bonds. The van der Waals surface area contributed by atoms with Gasteiger partial charge in [-0.15, -0.1) is 0 Å². The number of aromatic nitrogens is 1. The Morgan fingerprint density at radius 1 is 1.40 bits per heavy atom. The first-order valence-electron chi connectivity index (χ1n) is 5.89. The lowest BCUT2D eigenvalue weighted by atomic mass is 10.1. The Bertz CT molecular complexity index is 300. The highest BCUT2D eigenvalue weighted by Gasteiger charge is 2.21. The maximum absolute atomic E-state index is 3.41. The summed E-state index contributed by atoms with van der Waals surface area (Å²) in [6, 6.07) is 4.98. The molecule has 1 atom stereocenters. The third kappa shape index (κ3) is 2.24. The molecular formula is C12H21N3. The topological polar surface area (TPSA) is 20.2 Å². The van der Waals surface area contributed by atoms with Crippen LogP contribution in [0.1, 0.15) is 25.1 Å². The standard InChI is InChI=1S/C12H21N3/c1-3-11(12-5-4-8-14(12)2)15-9-6-13-7-10-15/h4-5,8,11,13H,3,6-7,9-10H2,1-2H3/t11-/m0/s1. The van der Waals surface area contributed by atoms with E-state index >= 15 is 0 Å². The molecule has 1 aliphatic heterocycles. The molecule has 0 radical (unpaired) electrons. The minimum atomic E-state index is 0.590. The van der Waals surface area contributed by atoms with Crippen molar-refractivity contribution in [2.24, 2.45) is 7.05 Å². The second-order valence-electron chi connectivity index (χ2n) is 4.25. The molecule has 0 bridgehead atoms. The summed E-state index contributed by atoms with van der Waals surface area (Å²) >= 11 is 0. The fourth-order valence-electron chi connectivity index (χ4n) is 2.47. The van der Waals surface area contributed by atoms with Gasteiger partial charge in [-0.25, -0.2) is 0 Å². The normalized spacial score (nSPS) is 20.4. The average molecular weight is 207 g/mol. The van der Waals surface area contributed by atoms with Crippen molar-refractivity contribution in [3.8, 4) is 0 Å². The predicted octanol–water partition coefficient (Wildman–Crippen LogP) is 1.38. The summed E-state index contributed by atoms with van der Waals surface area (Å²) in [7, 11) is 2.14. The van der Waals surface area contributed by atoms with E-state index < -0.39 is 0 Å². The molecule has 0 saturated carbocycles. The van der Waals surface area contributed by atoms with Crippen LogP contribution in [0.4, 0.5) is 0 Å². The number of hydrogen-bond donors (Lipinski definition) is 1. The van der Waals surface area contributed by atoms with Crippen molar-refractivity contribution in [1.82, 2.24) is 14.8 Å². The number of nitrogens with one attached hydrogen (secondary N) is 1. The van der Waals surface area contributed by atoms with Crippen LogP contribution in [-0.2, 0) is 7.05 Å². The van der Waals surface area contributed by atoms with Gasteiger partial charge in [-0.1, -0.05) is 6.92 Å². The third-order valence-corrected chi connectivity index (χ3v) is 3.30. The zero-order valence-electron chi connectivity index (χ0n) is 9.74. The SMILES string of the molecule is CC[C@@H](c1cccn1C)N1CCNCC1. The monoisotopic (exact) mass is 207 g/mol. The van der Waals surface area contributed by atoms with E-state index in [2.05, 4.69) is 47.1 Å². The highest BCUT2D eigenvalue weighted by Crippen LogP contribution is 2.24. The van der Waals surface area contributed by atoms with Crippen molar-refractivity contribution >= 4 is 0 Å². The van der Waals surface area contributed by atoms with Crippen LogP contribution in [0.2, 0.25) is 0 Å². The van der Waals surface area contributed by atoms with Gasteiger partial charge in [-0.2, -0.15) is 0 Å². The van der Waals surface area contributed by atoms with E-state index in [4.69, 9.17) is 0 Å². The number of hydrogen-bond acceptors (Lipinski definition) is 2. The molecule has 0 unspecified atom stereocenters. The molecule has 2 rings (SSSR count). The Morgan fingerprint density at radius 3 is 2.67 bits per heavy atom. The Labute approximate surface area is 92.1 Å². The van der Waals surface area contributed by atoms with Gasteiger partial charge in [-0.05, 0) is 18.6 Å². The molecule has 1 aliphatic rings. The van der Waals surface area contributed by atoms with E-state index in [1.54, 1.807) is 0 Å². The van der Waals surface area contributed by atoms with Crippen molar-refractivity contribution < 1.29 is 0 Å². The first-order valence-corrected chi connectivity index (χ1v) is 5.89. The van der Waals surface area contributed by atoms with Crippen LogP contribution in [0.25, 0.3) is 0 Å². The van der Waals surface area contributed by atoms with Gasteiger partial charge >= 0.3 is 0 Å². The van der Waals surface area contributed by atoms with Gasteiger partial charge < -0.3 is 9.88 Å². The Morgan fingerprint density at radius 2 is 2.13 bits per heavy atom. The molecule has 3 heteroatoms. The molecule has 1 aromatic heterocycles. The van der Waals surface area contributed by atoms with Crippen molar-refractivity contribution in [2.75, 3.05) is 26.2 Å². The van der Waals surface area contributed by atoms with Gasteiger partial charge in [-0.3, -0.25) is 4.90 Å². The van der Waals surface area contributed by atoms with Crippen LogP contribution in [0.5, 0.6) is 0 Å². The summed E-state index contributed by atoms with van der Waals surface area (Å²) in [4.78, 5) is 2.59. The lowest BCUT2D eigenvalue weighted by molar-refractivity contribution is 0.164. The minimum Gasteiger partial charge on any atom is -0.353 e. The molecule has 2 heterocycles. The first kappa shape index (κ1) is 10.7. The van der Waals surface area contributed by atoms with Gasteiger partial charge in [0.1, 0.15) is 0 Å². The molecule has 1 fully saturated rings. The summed E-state index contributed by atoms with van der Waals surface area (Å²) in [5, 5.41) is 3.41. The summed E-state index contributed by atoms with van der Waals surface area (Å²) in [6.07, 6.45) is 3.33. The van der Waals surface area contributed by atoms with Crippen LogP contribution >= 0.6 is 0 Å². The maximum atomic E-state index is 3.41. The van der Waals surface area contributed by atoms with E-state index in [-0.39, 0.29) is 0 Å². The molecule has 1 aromatic rings. The van der Waals surface area contributed by atoms with E-state index in [1.165, 1.54) is 25.2 Å². The second-order valence-corrected chi connectivity index (χ2v) is 4.25. The van der Waals surface area contributed by atoms with E-state index in [9.17, 15) is 0 Å². The molecule has 1 N–H and O–H groups in total. The number of aryl methyl sites for hydroxylation is 1. The quantitative estimate of drug-likeness (QED) is 0.808. The lowest BCUT2D eigenvalue weighted by Gasteiger charge is -2.34. The fraction of sp³-hybridized carbons (Fsp3) is 0.667. The molecular weight excluding hydrogens is 186 g/mol. The van der Waals surface area contributed by atoms with E-state index in [0.717, 1.165) is 13.1 Å². The summed E-state index contributed by atoms with van der Waals surface area (Å²) < 4.78 is 2.25. The van der Waals surface area contributed by atoms with Crippen LogP contribution in [-0.4, -0.2) is 35.6 Å². The third-order valence-electron chi connectivity index (χ3n) is 3.30.